The number of benzene rings is 4. The van der Waals surface area contributed by atoms with Crippen LogP contribution in [0.25, 0.3) is 10.8 Å². The number of nitrogens with zero attached hydrogens (tertiary/aromatic N) is 1. The van der Waals surface area contributed by atoms with Crippen molar-refractivity contribution in [2.24, 2.45) is 5.10 Å². The predicted molar refractivity (Wildman–Crippen MR) is 137 cm³/mol. The predicted octanol–water partition coefficient (Wildman–Crippen LogP) is 6.89. The van der Waals surface area contributed by atoms with Gasteiger partial charge in [-0.25, -0.2) is 5.43 Å². The highest BCUT2D eigenvalue weighted by atomic mass is 35.5. The number of ether oxygens (including phenoxy) is 2. The number of fused-ring (bicyclic) bond motifs is 1. The van der Waals surface area contributed by atoms with Crippen molar-refractivity contribution >= 4 is 46.1 Å². The van der Waals surface area contributed by atoms with Gasteiger partial charge in [0.15, 0.2) is 11.5 Å². The summed E-state index contributed by atoms with van der Waals surface area (Å²) in [5.41, 5.74) is 4.68. The Bertz CT molecular complexity index is 1340. The van der Waals surface area contributed by atoms with E-state index in [1.807, 2.05) is 55.5 Å². The van der Waals surface area contributed by atoms with E-state index < -0.39 is 0 Å². The lowest BCUT2D eigenvalue weighted by molar-refractivity contribution is 0.0955. The Labute approximate surface area is 207 Å². The molecule has 172 valence electrons. The lowest BCUT2D eigenvalue weighted by atomic mass is 10.1. The van der Waals surface area contributed by atoms with Crippen molar-refractivity contribution in [3.05, 3.63) is 106 Å². The van der Waals surface area contributed by atoms with Crippen LogP contribution in [0.1, 0.15) is 28.4 Å². The van der Waals surface area contributed by atoms with Gasteiger partial charge in [-0.3, -0.25) is 4.79 Å². The average Bonchev–Trinajstić information content (AvgIpc) is 2.84. The smallest absolute Gasteiger partial charge is 0.271 e. The van der Waals surface area contributed by atoms with Crippen LogP contribution in [0.15, 0.2) is 84.0 Å². The van der Waals surface area contributed by atoms with Crippen molar-refractivity contribution < 1.29 is 14.3 Å². The Morgan fingerprint density at radius 2 is 1.71 bits per heavy atom. The van der Waals surface area contributed by atoms with Crippen LogP contribution in [0.2, 0.25) is 10.0 Å². The number of nitrogens with one attached hydrogen (secondary N) is 1. The Balaban J connectivity index is 1.46. The van der Waals surface area contributed by atoms with Crippen LogP contribution in [0.5, 0.6) is 11.5 Å². The molecule has 1 N–H and O–H groups in total. The highest BCUT2D eigenvalue weighted by molar-refractivity contribution is 6.32. The van der Waals surface area contributed by atoms with Gasteiger partial charge in [0.2, 0.25) is 0 Å². The normalized spacial score (nSPS) is 11.0. The van der Waals surface area contributed by atoms with E-state index in [0.717, 1.165) is 16.3 Å². The van der Waals surface area contributed by atoms with Gasteiger partial charge in [0.25, 0.3) is 5.91 Å². The number of carbonyl (C=O) groups excluding carboxylic acids is 1. The molecule has 4 aromatic carbocycles. The van der Waals surface area contributed by atoms with Crippen LogP contribution in [-0.4, -0.2) is 18.7 Å². The third-order valence-electron chi connectivity index (χ3n) is 5.02. The molecular formula is C27H22Cl2N2O3. The highest BCUT2D eigenvalue weighted by Crippen LogP contribution is 2.37. The van der Waals surface area contributed by atoms with E-state index >= 15 is 0 Å². The monoisotopic (exact) mass is 492 g/mol. The molecule has 0 fully saturated rings. The average molecular weight is 493 g/mol. The fourth-order valence-corrected chi connectivity index (χ4v) is 3.76. The minimum atomic E-state index is -0.305. The molecule has 34 heavy (non-hydrogen) atoms. The molecule has 0 heterocycles. The Kier molecular flexibility index (Phi) is 7.68. The number of amides is 1. The Morgan fingerprint density at radius 1 is 0.941 bits per heavy atom. The quantitative estimate of drug-likeness (QED) is 0.215. The van der Waals surface area contributed by atoms with Crippen molar-refractivity contribution in [1.29, 1.82) is 0 Å². The topological polar surface area (TPSA) is 59.9 Å². The van der Waals surface area contributed by atoms with Crippen LogP contribution in [0.3, 0.4) is 0 Å². The van der Waals surface area contributed by atoms with Gasteiger partial charge >= 0.3 is 0 Å². The van der Waals surface area contributed by atoms with Crippen LogP contribution in [0, 0.1) is 0 Å². The van der Waals surface area contributed by atoms with Gasteiger partial charge < -0.3 is 9.47 Å². The molecule has 0 aliphatic rings. The van der Waals surface area contributed by atoms with Gasteiger partial charge in [-0.2, -0.15) is 5.10 Å². The van der Waals surface area contributed by atoms with Gasteiger partial charge in [0, 0.05) is 10.6 Å². The van der Waals surface area contributed by atoms with E-state index in [1.54, 1.807) is 30.3 Å². The summed E-state index contributed by atoms with van der Waals surface area (Å²) in [5, 5.41) is 7.17. The zero-order chi connectivity index (χ0) is 23.9. The second kappa shape index (κ2) is 11.1. The fourth-order valence-electron chi connectivity index (χ4n) is 3.36. The highest BCUT2D eigenvalue weighted by Gasteiger charge is 2.13. The van der Waals surface area contributed by atoms with E-state index in [0.29, 0.717) is 45.9 Å². The van der Waals surface area contributed by atoms with Gasteiger partial charge in [-0.05, 0) is 65.2 Å². The molecule has 0 atom stereocenters. The number of hydrogen-bond donors (Lipinski definition) is 1. The maximum Gasteiger partial charge on any atom is 0.271 e. The number of carbonyl (C=O) groups is 1. The first-order valence-electron chi connectivity index (χ1n) is 10.7. The first-order valence-corrected chi connectivity index (χ1v) is 11.4. The molecule has 4 aromatic rings. The fraction of sp³-hybridized carbons (Fsp3) is 0.111. The van der Waals surface area contributed by atoms with Crippen LogP contribution in [-0.2, 0) is 6.61 Å². The number of hydrogen-bond acceptors (Lipinski definition) is 4. The molecule has 0 saturated carbocycles. The van der Waals surface area contributed by atoms with E-state index in [1.165, 1.54) is 6.21 Å². The Hall–Kier alpha value is -3.54. The molecule has 0 spiro atoms. The SMILES string of the molecule is CCOc1cc(/C=N\NC(=O)c2ccc3ccccc3c2)cc(Cl)c1OCc1ccc(Cl)cc1. The van der Waals surface area contributed by atoms with Gasteiger partial charge in [-0.15, -0.1) is 0 Å². The molecule has 0 unspecified atom stereocenters. The third-order valence-corrected chi connectivity index (χ3v) is 5.55. The molecule has 7 heteroatoms. The maximum absolute atomic E-state index is 12.5. The summed E-state index contributed by atoms with van der Waals surface area (Å²) in [6.07, 6.45) is 1.51. The molecule has 5 nitrogen and oxygen atoms in total. The number of hydrazone groups is 1. The van der Waals surface area contributed by atoms with Crippen LogP contribution < -0.4 is 14.9 Å². The van der Waals surface area contributed by atoms with Gasteiger partial charge in [0.1, 0.15) is 6.61 Å². The molecule has 0 aromatic heterocycles. The standard InChI is InChI=1S/C27H22Cl2N2O3/c1-2-33-25-14-19(13-24(29)26(25)34-17-18-7-11-23(28)12-8-18)16-30-31-27(32)22-10-9-20-5-3-4-6-21(20)15-22/h3-16H,2,17H2,1H3,(H,31,32)/b30-16-. The van der Waals surface area contributed by atoms with Gasteiger partial charge in [-0.1, -0.05) is 65.7 Å². The van der Waals surface area contributed by atoms with Crippen LogP contribution >= 0.6 is 23.2 Å². The lowest BCUT2D eigenvalue weighted by Crippen LogP contribution is -2.17. The van der Waals surface area contributed by atoms with Crippen LogP contribution in [0.4, 0.5) is 0 Å². The summed E-state index contributed by atoms with van der Waals surface area (Å²) >= 11 is 12.4. The van der Waals surface area contributed by atoms with Crippen molar-refractivity contribution in [3.63, 3.8) is 0 Å². The number of halogens is 2. The first kappa shape index (κ1) is 23.6. The Morgan fingerprint density at radius 3 is 2.47 bits per heavy atom. The molecule has 0 bridgehead atoms. The zero-order valence-electron chi connectivity index (χ0n) is 18.4. The zero-order valence-corrected chi connectivity index (χ0v) is 19.9. The number of rotatable bonds is 8. The molecule has 0 radical (unpaired) electrons. The van der Waals surface area contributed by atoms with E-state index in [4.69, 9.17) is 32.7 Å². The van der Waals surface area contributed by atoms with Crippen molar-refractivity contribution in [3.8, 4) is 11.5 Å². The maximum atomic E-state index is 12.5. The molecule has 1 amide bonds. The molecular weight excluding hydrogens is 471 g/mol. The van der Waals surface area contributed by atoms with Crippen molar-refractivity contribution in [2.45, 2.75) is 13.5 Å². The first-order chi connectivity index (χ1) is 16.5. The third kappa shape index (κ3) is 5.87. The summed E-state index contributed by atoms with van der Waals surface area (Å²) < 4.78 is 11.6. The lowest BCUT2D eigenvalue weighted by Gasteiger charge is -2.14. The minimum absolute atomic E-state index is 0.305. The summed E-state index contributed by atoms with van der Waals surface area (Å²) in [7, 11) is 0. The summed E-state index contributed by atoms with van der Waals surface area (Å²) in [5.74, 6) is 0.628. The molecule has 0 aliphatic carbocycles. The van der Waals surface area contributed by atoms with Crippen molar-refractivity contribution in [1.82, 2.24) is 5.43 Å². The summed E-state index contributed by atoms with van der Waals surface area (Å²) in [4.78, 5) is 12.5. The van der Waals surface area contributed by atoms with E-state index in [9.17, 15) is 4.79 Å². The van der Waals surface area contributed by atoms with E-state index in [-0.39, 0.29) is 5.91 Å². The van der Waals surface area contributed by atoms with E-state index in [2.05, 4.69) is 10.5 Å². The molecule has 0 saturated heterocycles. The van der Waals surface area contributed by atoms with Gasteiger partial charge in [0.05, 0.1) is 17.8 Å². The minimum Gasteiger partial charge on any atom is -0.490 e. The molecule has 4 rings (SSSR count). The summed E-state index contributed by atoms with van der Waals surface area (Å²) in [6.45, 7) is 2.63. The second-order valence-corrected chi connectivity index (χ2v) is 8.28. The molecule has 0 aliphatic heterocycles. The largest absolute Gasteiger partial charge is 0.490 e. The second-order valence-electron chi connectivity index (χ2n) is 7.44. The summed E-state index contributed by atoms with van der Waals surface area (Å²) in [6, 6.07) is 24.2. The van der Waals surface area contributed by atoms with Crippen molar-refractivity contribution in [2.75, 3.05) is 6.61 Å².